The Kier molecular flexibility index (Phi) is 6.18. The first-order valence-electron chi connectivity index (χ1n) is 7.88. The molecule has 1 atom stereocenters. The molecular weight excluding hydrogens is 252 g/mol. The fraction of sp³-hybridized carbons (Fsp3) is 0.875. The van der Waals surface area contributed by atoms with Gasteiger partial charge < -0.3 is 5.32 Å². The topological polar surface area (TPSA) is 49.4 Å². The van der Waals surface area contributed by atoms with Crippen LogP contribution in [0, 0.1) is 5.41 Å². The maximum atomic E-state index is 12.2. The molecule has 1 rings (SSSR count). The Bertz CT molecular complexity index is 350. The summed E-state index contributed by atoms with van der Waals surface area (Å²) in [5.74, 6) is -0.111. The van der Waals surface area contributed by atoms with E-state index in [2.05, 4.69) is 26.1 Å². The van der Waals surface area contributed by atoms with Crippen LogP contribution in [0.3, 0.4) is 0 Å². The van der Waals surface area contributed by atoms with Crippen molar-refractivity contribution < 1.29 is 9.59 Å². The van der Waals surface area contributed by atoms with E-state index >= 15 is 0 Å². The molecule has 1 unspecified atom stereocenters. The molecule has 0 radical (unpaired) electrons. The molecule has 1 aliphatic heterocycles. The number of nitrogens with one attached hydrogen (secondary N) is 1. The van der Waals surface area contributed by atoms with E-state index < -0.39 is 0 Å². The smallest absolute Gasteiger partial charge is 0.247 e. The van der Waals surface area contributed by atoms with E-state index in [0.717, 1.165) is 13.0 Å². The Morgan fingerprint density at radius 2 is 1.95 bits per heavy atom. The quantitative estimate of drug-likeness (QED) is 0.550. The van der Waals surface area contributed by atoms with E-state index in [4.69, 9.17) is 0 Å². The van der Waals surface area contributed by atoms with E-state index in [-0.39, 0.29) is 29.3 Å². The predicted molar refractivity (Wildman–Crippen MR) is 81.3 cm³/mol. The van der Waals surface area contributed by atoms with Crippen molar-refractivity contribution in [2.45, 2.75) is 78.8 Å². The lowest BCUT2D eigenvalue weighted by Gasteiger charge is -2.27. The van der Waals surface area contributed by atoms with E-state index in [1.54, 1.807) is 0 Å². The minimum absolute atomic E-state index is 0.0423. The summed E-state index contributed by atoms with van der Waals surface area (Å²) in [5, 5.41) is 3.30. The maximum absolute atomic E-state index is 12.2. The van der Waals surface area contributed by atoms with Crippen LogP contribution in [0.2, 0.25) is 0 Å². The molecular formula is C16H30N2O2. The number of rotatable bonds is 8. The maximum Gasteiger partial charge on any atom is 0.247 e. The van der Waals surface area contributed by atoms with Crippen molar-refractivity contribution in [1.29, 1.82) is 0 Å². The average Bonchev–Trinajstić information content (AvgIpc) is 2.62. The molecule has 2 amide bonds. The monoisotopic (exact) mass is 282 g/mol. The molecule has 0 bridgehead atoms. The second kappa shape index (κ2) is 7.21. The van der Waals surface area contributed by atoms with Crippen molar-refractivity contribution in [3.8, 4) is 0 Å². The minimum atomic E-state index is -0.324. The molecule has 4 nitrogen and oxygen atoms in total. The summed E-state index contributed by atoms with van der Waals surface area (Å²) in [7, 11) is 0. The van der Waals surface area contributed by atoms with Crippen LogP contribution in [0.5, 0.6) is 0 Å². The van der Waals surface area contributed by atoms with Crippen LogP contribution in [0.4, 0.5) is 0 Å². The highest BCUT2D eigenvalue weighted by Crippen LogP contribution is 2.24. The zero-order chi connectivity index (χ0) is 15.3. The van der Waals surface area contributed by atoms with Gasteiger partial charge in [0.05, 0.1) is 12.5 Å². The normalized spacial score (nSPS) is 20.3. The number of likely N-dealkylation sites (tertiary alicyclic amines) is 1. The molecule has 0 aromatic carbocycles. The molecule has 0 aromatic rings. The standard InChI is InChI=1S/C16H30N2O2/c1-6-7-8-9-16(4,5)11-17-13-10-14(19)18(12(2)3)15(13)20/h12-13,17H,6-11H2,1-5H3. The molecule has 1 fully saturated rings. The molecule has 0 saturated carbocycles. The lowest BCUT2D eigenvalue weighted by molar-refractivity contribution is -0.140. The summed E-state index contributed by atoms with van der Waals surface area (Å²) >= 11 is 0. The summed E-state index contributed by atoms with van der Waals surface area (Å²) in [6.07, 6.45) is 5.16. The number of nitrogens with zero attached hydrogens (tertiary/aromatic N) is 1. The van der Waals surface area contributed by atoms with Crippen molar-refractivity contribution in [2.24, 2.45) is 5.41 Å². The zero-order valence-electron chi connectivity index (χ0n) is 13.7. The minimum Gasteiger partial charge on any atom is -0.305 e. The molecule has 4 heteroatoms. The van der Waals surface area contributed by atoms with Gasteiger partial charge in [0.25, 0.3) is 0 Å². The first-order chi connectivity index (χ1) is 9.28. The van der Waals surface area contributed by atoms with Gasteiger partial charge in [-0.3, -0.25) is 14.5 Å². The van der Waals surface area contributed by atoms with Crippen LogP contribution >= 0.6 is 0 Å². The van der Waals surface area contributed by atoms with Gasteiger partial charge in [0.2, 0.25) is 11.8 Å². The van der Waals surface area contributed by atoms with Gasteiger partial charge in [0, 0.05) is 12.6 Å². The van der Waals surface area contributed by atoms with E-state index in [0.29, 0.717) is 6.42 Å². The van der Waals surface area contributed by atoms with Gasteiger partial charge in [-0.25, -0.2) is 0 Å². The van der Waals surface area contributed by atoms with Crippen LogP contribution in [0.1, 0.15) is 66.7 Å². The SMILES string of the molecule is CCCCCC(C)(C)CNC1CC(=O)N(C(C)C)C1=O. The third-order valence-electron chi connectivity index (χ3n) is 3.98. The highest BCUT2D eigenvalue weighted by Gasteiger charge is 2.40. The molecule has 1 heterocycles. The Balaban J connectivity index is 2.46. The van der Waals surface area contributed by atoms with Crippen LogP contribution in [0.15, 0.2) is 0 Å². The molecule has 1 N–H and O–H groups in total. The van der Waals surface area contributed by atoms with Crippen LogP contribution < -0.4 is 5.32 Å². The van der Waals surface area contributed by atoms with Gasteiger partial charge in [-0.15, -0.1) is 0 Å². The fourth-order valence-electron chi connectivity index (χ4n) is 2.69. The molecule has 0 aromatic heterocycles. The molecule has 20 heavy (non-hydrogen) atoms. The van der Waals surface area contributed by atoms with Crippen molar-refractivity contribution >= 4 is 11.8 Å². The predicted octanol–water partition coefficient (Wildman–Crippen LogP) is 2.72. The Morgan fingerprint density at radius 3 is 2.45 bits per heavy atom. The van der Waals surface area contributed by atoms with Crippen molar-refractivity contribution in [2.75, 3.05) is 6.54 Å². The Morgan fingerprint density at radius 1 is 1.30 bits per heavy atom. The summed E-state index contributed by atoms with van der Waals surface area (Å²) in [4.78, 5) is 25.4. The van der Waals surface area contributed by atoms with Gasteiger partial charge in [0.15, 0.2) is 0 Å². The Labute approximate surface area is 123 Å². The number of unbranched alkanes of at least 4 members (excludes halogenated alkanes) is 2. The second-order valence-corrected chi connectivity index (χ2v) is 6.95. The fourth-order valence-corrected chi connectivity index (χ4v) is 2.69. The largest absolute Gasteiger partial charge is 0.305 e. The molecule has 116 valence electrons. The van der Waals surface area contributed by atoms with Crippen molar-refractivity contribution in [3.63, 3.8) is 0 Å². The second-order valence-electron chi connectivity index (χ2n) is 6.95. The van der Waals surface area contributed by atoms with E-state index in [9.17, 15) is 9.59 Å². The number of carbonyl (C=O) groups is 2. The van der Waals surface area contributed by atoms with Gasteiger partial charge in [-0.1, -0.05) is 40.0 Å². The number of amides is 2. The van der Waals surface area contributed by atoms with Crippen LogP contribution in [0.25, 0.3) is 0 Å². The highest BCUT2D eigenvalue weighted by molar-refractivity contribution is 6.05. The van der Waals surface area contributed by atoms with Crippen LogP contribution in [-0.2, 0) is 9.59 Å². The number of hydrogen-bond acceptors (Lipinski definition) is 3. The van der Waals surface area contributed by atoms with Crippen molar-refractivity contribution in [1.82, 2.24) is 10.2 Å². The first kappa shape index (κ1) is 17.2. The number of hydrogen-bond donors (Lipinski definition) is 1. The molecule has 1 aliphatic rings. The van der Waals surface area contributed by atoms with Crippen LogP contribution in [-0.4, -0.2) is 35.3 Å². The highest BCUT2D eigenvalue weighted by atomic mass is 16.2. The average molecular weight is 282 g/mol. The zero-order valence-corrected chi connectivity index (χ0v) is 13.7. The van der Waals surface area contributed by atoms with Gasteiger partial charge in [-0.05, 0) is 25.7 Å². The number of imide groups is 1. The third kappa shape index (κ3) is 4.58. The summed E-state index contributed by atoms with van der Waals surface area (Å²) in [6.45, 7) is 11.2. The first-order valence-corrected chi connectivity index (χ1v) is 7.88. The molecule has 0 aliphatic carbocycles. The third-order valence-corrected chi connectivity index (χ3v) is 3.98. The lowest BCUT2D eigenvalue weighted by atomic mass is 9.86. The molecule has 0 spiro atoms. The van der Waals surface area contributed by atoms with Gasteiger partial charge in [-0.2, -0.15) is 0 Å². The van der Waals surface area contributed by atoms with Crippen molar-refractivity contribution in [3.05, 3.63) is 0 Å². The summed E-state index contributed by atoms with van der Waals surface area (Å²) in [6, 6.07) is -0.366. The van der Waals surface area contributed by atoms with E-state index in [1.807, 2.05) is 13.8 Å². The van der Waals surface area contributed by atoms with Gasteiger partial charge >= 0.3 is 0 Å². The Hall–Kier alpha value is -0.900. The number of carbonyl (C=O) groups excluding carboxylic acids is 2. The summed E-state index contributed by atoms with van der Waals surface area (Å²) < 4.78 is 0. The lowest BCUT2D eigenvalue weighted by Crippen LogP contribution is -2.44. The summed E-state index contributed by atoms with van der Waals surface area (Å²) in [5.41, 5.74) is 0.170. The molecule has 1 saturated heterocycles. The van der Waals surface area contributed by atoms with Gasteiger partial charge in [0.1, 0.15) is 0 Å². The van der Waals surface area contributed by atoms with E-state index in [1.165, 1.54) is 24.2 Å².